The molecule has 2 heterocycles. The van der Waals surface area contributed by atoms with E-state index in [1.807, 2.05) is 41.3 Å². The standard InChI is InChI=1S/C27H27N3O2/c1-18-12-13-23(19(2)14-18)29-17-21(15-26(29)31)27-28-22-9-5-6-10-24(22)30(27)16-20-8-4-7-11-25(20)32-3/h4-14,21H,15-17H2,1-3H3. The Morgan fingerprint density at radius 3 is 2.62 bits per heavy atom. The van der Waals surface area contributed by atoms with Gasteiger partial charge in [-0.25, -0.2) is 4.98 Å². The Bertz CT molecular complexity index is 1310. The minimum atomic E-state index is 0.0327. The van der Waals surface area contributed by atoms with Gasteiger partial charge in [0, 0.05) is 30.1 Å². The quantitative estimate of drug-likeness (QED) is 0.440. The highest BCUT2D eigenvalue weighted by Crippen LogP contribution is 2.35. The molecular weight excluding hydrogens is 398 g/mol. The van der Waals surface area contributed by atoms with Crippen molar-refractivity contribution in [2.45, 2.75) is 32.7 Å². The zero-order valence-electron chi connectivity index (χ0n) is 18.7. The van der Waals surface area contributed by atoms with Gasteiger partial charge >= 0.3 is 0 Å². The molecule has 1 unspecified atom stereocenters. The van der Waals surface area contributed by atoms with Gasteiger partial charge in [-0.2, -0.15) is 0 Å². The number of anilines is 1. The molecule has 0 saturated carbocycles. The number of carbonyl (C=O) groups excluding carboxylic acids is 1. The molecule has 1 aliphatic rings. The van der Waals surface area contributed by atoms with Gasteiger partial charge in [-0.1, -0.05) is 48.0 Å². The number of para-hydroxylation sites is 3. The van der Waals surface area contributed by atoms with Crippen molar-refractivity contribution in [2.75, 3.05) is 18.6 Å². The van der Waals surface area contributed by atoms with Crippen LogP contribution in [0, 0.1) is 13.8 Å². The monoisotopic (exact) mass is 425 g/mol. The third kappa shape index (κ3) is 3.54. The third-order valence-electron chi connectivity index (χ3n) is 6.34. The van der Waals surface area contributed by atoms with Crippen LogP contribution in [0.2, 0.25) is 0 Å². The van der Waals surface area contributed by atoms with Gasteiger partial charge in [0.15, 0.2) is 0 Å². The van der Waals surface area contributed by atoms with Crippen molar-refractivity contribution < 1.29 is 9.53 Å². The van der Waals surface area contributed by atoms with Crippen molar-refractivity contribution in [3.63, 3.8) is 0 Å². The predicted octanol–water partition coefficient (Wildman–Crippen LogP) is 5.23. The Morgan fingerprint density at radius 2 is 1.81 bits per heavy atom. The maximum atomic E-state index is 13.0. The third-order valence-corrected chi connectivity index (χ3v) is 6.34. The second kappa shape index (κ2) is 8.15. The first-order valence-electron chi connectivity index (χ1n) is 11.0. The molecule has 0 spiro atoms. The first-order chi connectivity index (χ1) is 15.5. The van der Waals surface area contributed by atoms with Crippen molar-refractivity contribution in [3.8, 4) is 5.75 Å². The largest absolute Gasteiger partial charge is 0.496 e. The summed E-state index contributed by atoms with van der Waals surface area (Å²) in [6, 6.07) is 22.5. The van der Waals surface area contributed by atoms with E-state index in [1.165, 1.54) is 5.56 Å². The smallest absolute Gasteiger partial charge is 0.227 e. The maximum absolute atomic E-state index is 13.0. The Kier molecular flexibility index (Phi) is 5.17. The Labute approximate surface area is 188 Å². The molecule has 1 aliphatic heterocycles. The number of amides is 1. The number of carbonyl (C=O) groups is 1. The lowest BCUT2D eigenvalue weighted by Crippen LogP contribution is -2.25. The zero-order valence-corrected chi connectivity index (χ0v) is 18.7. The fourth-order valence-electron chi connectivity index (χ4n) is 4.80. The predicted molar refractivity (Wildman–Crippen MR) is 127 cm³/mol. The van der Waals surface area contributed by atoms with Crippen molar-refractivity contribution >= 4 is 22.6 Å². The van der Waals surface area contributed by atoms with Gasteiger partial charge in [-0.05, 0) is 43.7 Å². The summed E-state index contributed by atoms with van der Waals surface area (Å²) >= 11 is 0. The lowest BCUT2D eigenvalue weighted by atomic mass is 10.1. The normalized spacial score (nSPS) is 16.2. The molecule has 0 N–H and O–H groups in total. The van der Waals surface area contributed by atoms with Crippen molar-refractivity contribution in [1.82, 2.24) is 9.55 Å². The van der Waals surface area contributed by atoms with Gasteiger partial charge in [-0.15, -0.1) is 0 Å². The van der Waals surface area contributed by atoms with Crippen LogP contribution in [0.25, 0.3) is 11.0 Å². The van der Waals surface area contributed by atoms with E-state index < -0.39 is 0 Å². The number of ether oxygens (including phenoxy) is 1. The highest BCUT2D eigenvalue weighted by atomic mass is 16.5. The van der Waals surface area contributed by atoms with Gasteiger partial charge in [0.1, 0.15) is 11.6 Å². The minimum absolute atomic E-state index is 0.0327. The number of fused-ring (bicyclic) bond motifs is 1. The Balaban J connectivity index is 1.54. The van der Waals surface area contributed by atoms with Crippen LogP contribution in [-0.4, -0.2) is 29.1 Å². The average Bonchev–Trinajstić information content (AvgIpc) is 3.35. The van der Waals surface area contributed by atoms with Crippen molar-refractivity contribution in [2.24, 2.45) is 0 Å². The second-order valence-electron chi connectivity index (χ2n) is 8.55. The molecular formula is C27H27N3O2. The number of hydrogen-bond donors (Lipinski definition) is 0. The molecule has 1 amide bonds. The number of imidazole rings is 1. The molecule has 0 bridgehead atoms. The fourth-order valence-corrected chi connectivity index (χ4v) is 4.80. The van der Waals surface area contributed by atoms with Crippen LogP contribution in [0.4, 0.5) is 5.69 Å². The van der Waals surface area contributed by atoms with E-state index in [9.17, 15) is 4.79 Å². The first kappa shape index (κ1) is 20.3. The summed E-state index contributed by atoms with van der Waals surface area (Å²) in [6.45, 7) is 5.43. The summed E-state index contributed by atoms with van der Waals surface area (Å²) in [6.07, 6.45) is 0.461. The Morgan fingerprint density at radius 1 is 1.03 bits per heavy atom. The van der Waals surface area contributed by atoms with Crippen LogP contribution in [0.5, 0.6) is 5.75 Å². The molecule has 1 aromatic heterocycles. The second-order valence-corrected chi connectivity index (χ2v) is 8.55. The molecule has 1 fully saturated rings. The van der Waals surface area contributed by atoms with Crippen LogP contribution in [0.1, 0.15) is 34.9 Å². The fraction of sp³-hybridized carbons (Fsp3) is 0.259. The molecule has 4 aromatic rings. The summed E-state index contributed by atoms with van der Waals surface area (Å²) in [5, 5.41) is 0. The molecule has 1 saturated heterocycles. The van der Waals surface area contributed by atoms with Gasteiger partial charge in [0.05, 0.1) is 24.7 Å². The van der Waals surface area contributed by atoms with Crippen LogP contribution < -0.4 is 9.64 Å². The van der Waals surface area contributed by atoms with E-state index in [0.717, 1.165) is 39.4 Å². The number of aryl methyl sites for hydroxylation is 2. The summed E-state index contributed by atoms with van der Waals surface area (Å²) in [5.41, 5.74) is 6.45. The number of benzene rings is 3. The summed E-state index contributed by atoms with van der Waals surface area (Å²) in [4.78, 5) is 20.0. The minimum Gasteiger partial charge on any atom is -0.496 e. The lowest BCUT2D eigenvalue weighted by Gasteiger charge is -2.20. The van der Waals surface area contributed by atoms with Crippen LogP contribution in [0.15, 0.2) is 66.7 Å². The molecule has 0 aliphatic carbocycles. The van der Waals surface area contributed by atoms with Crippen molar-refractivity contribution in [1.29, 1.82) is 0 Å². The number of nitrogens with zero attached hydrogens (tertiary/aromatic N) is 3. The molecule has 5 rings (SSSR count). The van der Waals surface area contributed by atoms with Gasteiger partial charge < -0.3 is 14.2 Å². The van der Waals surface area contributed by atoms with E-state index in [-0.39, 0.29) is 11.8 Å². The molecule has 1 atom stereocenters. The van der Waals surface area contributed by atoms with Gasteiger partial charge in [0.2, 0.25) is 5.91 Å². The number of rotatable bonds is 5. The van der Waals surface area contributed by atoms with E-state index in [0.29, 0.717) is 19.5 Å². The van der Waals surface area contributed by atoms with Crippen LogP contribution >= 0.6 is 0 Å². The molecule has 32 heavy (non-hydrogen) atoms. The topological polar surface area (TPSA) is 47.4 Å². The molecule has 5 nitrogen and oxygen atoms in total. The lowest BCUT2D eigenvalue weighted by molar-refractivity contribution is -0.117. The van der Waals surface area contributed by atoms with Crippen LogP contribution in [-0.2, 0) is 11.3 Å². The summed E-state index contributed by atoms with van der Waals surface area (Å²) in [5.74, 6) is 2.00. The average molecular weight is 426 g/mol. The Hall–Kier alpha value is -3.60. The van der Waals surface area contributed by atoms with E-state index >= 15 is 0 Å². The summed E-state index contributed by atoms with van der Waals surface area (Å²) < 4.78 is 7.84. The number of methoxy groups -OCH3 is 1. The highest BCUT2D eigenvalue weighted by molar-refractivity contribution is 5.97. The van der Waals surface area contributed by atoms with Crippen LogP contribution in [0.3, 0.4) is 0 Å². The SMILES string of the molecule is COc1ccccc1Cn1c(C2CC(=O)N(c3ccc(C)cc3C)C2)nc2ccccc21. The van der Waals surface area contributed by atoms with E-state index in [4.69, 9.17) is 9.72 Å². The molecule has 3 aromatic carbocycles. The van der Waals surface area contributed by atoms with Gasteiger partial charge in [-0.3, -0.25) is 4.79 Å². The van der Waals surface area contributed by atoms with Gasteiger partial charge in [0.25, 0.3) is 0 Å². The molecule has 5 heteroatoms. The molecule has 0 radical (unpaired) electrons. The maximum Gasteiger partial charge on any atom is 0.227 e. The first-order valence-corrected chi connectivity index (χ1v) is 11.0. The van der Waals surface area contributed by atoms with Crippen molar-refractivity contribution in [3.05, 3.63) is 89.2 Å². The molecule has 162 valence electrons. The zero-order chi connectivity index (χ0) is 22.2. The number of aromatic nitrogens is 2. The number of hydrogen-bond acceptors (Lipinski definition) is 3. The van der Waals surface area contributed by atoms with E-state index in [2.05, 4.69) is 48.7 Å². The van der Waals surface area contributed by atoms with E-state index in [1.54, 1.807) is 7.11 Å². The summed E-state index contributed by atoms with van der Waals surface area (Å²) in [7, 11) is 1.70. The highest BCUT2D eigenvalue weighted by Gasteiger charge is 2.35.